The van der Waals surface area contributed by atoms with Crippen LogP contribution >= 0.6 is 23.2 Å². The zero-order chi connectivity index (χ0) is 19.9. The van der Waals surface area contributed by atoms with Crippen LogP contribution in [-0.4, -0.2) is 44.7 Å². The van der Waals surface area contributed by atoms with Crippen LogP contribution in [0, 0.1) is 0 Å². The first-order valence-electron chi connectivity index (χ1n) is 9.68. The number of carbonyl (C=O) groups excluding carboxylic acids is 1. The van der Waals surface area contributed by atoms with Gasteiger partial charge in [0.1, 0.15) is 26.2 Å². The summed E-state index contributed by atoms with van der Waals surface area (Å²) in [6, 6.07) is 15.3. The quantitative estimate of drug-likeness (QED) is 0.656. The molecule has 0 saturated carbocycles. The molecule has 0 spiro atoms. The first-order valence-corrected chi connectivity index (χ1v) is 10.4. The molecule has 148 valence electrons. The summed E-state index contributed by atoms with van der Waals surface area (Å²) in [4.78, 5) is 15.5. The number of benzene rings is 2. The van der Waals surface area contributed by atoms with Crippen molar-refractivity contribution in [3.63, 3.8) is 0 Å². The van der Waals surface area contributed by atoms with E-state index < -0.39 is 0 Å². The fourth-order valence-electron chi connectivity index (χ4n) is 3.55. The minimum Gasteiger partial charge on any atom is -0.322 e. The molecule has 1 aliphatic heterocycles. The molecule has 0 unspecified atom stereocenters. The van der Waals surface area contributed by atoms with Crippen LogP contribution in [0.1, 0.15) is 12.5 Å². The van der Waals surface area contributed by atoms with Gasteiger partial charge in [0.25, 0.3) is 5.91 Å². The topological polar surface area (TPSA) is 38.0 Å². The SMILES string of the molecule is C[C@@H](C(=O)Nc1cc(Cl)cc(Cl)c1)[NH+]1CC[NH+](C/C=C/c2ccccc2)CC1. The number of piperazine rings is 1. The van der Waals surface area contributed by atoms with Gasteiger partial charge in [-0.25, -0.2) is 0 Å². The van der Waals surface area contributed by atoms with Crippen LogP contribution < -0.4 is 15.1 Å². The molecule has 1 aliphatic rings. The number of nitrogens with one attached hydrogen (secondary N) is 3. The van der Waals surface area contributed by atoms with Crippen molar-refractivity contribution in [2.24, 2.45) is 0 Å². The van der Waals surface area contributed by atoms with E-state index in [-0.39, 0.29) is 11.9 Å². The lowest BCUT2D eigenvalue weighted by Gasteiger charge is -2.32. The van der Waals surface area contributed by atoms with Crippen molar-refractivity contribution in [3.8, 4) is 0 Å². The lowest BCUT2D eigenvalue weighted by Crippen LogP contribution is -3.29. The van der Waals surface area contributed by atoms with Crippen LogP contribution in [-0.2, 0) is 4.79 Å². The molecule has 0 bridgehead atoms. The third-order valence-corrected chi connectivity index (χ3v) is 5.69. The Bertz CT molecular complexity index is 798. The Labute approximate surface area is 176 Å². The van der Waals surface area contributed by atoms with E-state index in [0.29, 0.717) is 15.7 Å². The molecular formula is C22H27Cl2N3O+2. The highest BCUT2D eigenvalue weighted by molar-refractivity contribution is 6.35. The maximum atomic E-state index is 12.6. The Morgan fingerprint density at radius 1 is 1.07 bits per heavy atom. The Kier molecular flexibility index (Phi) is 7.51. The van der Waals surface area contributed by atoms with Crippen LogP contribution in [0.2, 0.25) is 10.0 Å². The molecule has 2 aromatic rings. The lowest BCUT2D eigenvalue weighted by molar-refractivity contribution is -1.02. The standard InChI is InChI=1S/C22H25Cl2N3O/c1-17(22(28)25-21-15-19(23)14-20(24)16-21)27-12-10-26(11-13-27)9-5-8-18-6-3-2-4-7-18/h2-8,14-17H,9-13H2,1H3,(H,25,28)/p+2/b8-5+/t17-/m0/s1. The molecule has 1 atom stereocenters. The van der Waals surface area contributed by atoms with Gasteiger partial charge in [0, 0.05) is 15.7 Å². The van der Waals surface area contributed by atoms with Crippen LogP contribution in [0.25, 0.3) is 6.08 Å². The van der Waals surface area contributed by atoms with Crippen molar-refractivity contribution in [1.29, 1.82) is 0 Å². The number of anilines is 1. The summed E-state index contributed by atoms with van der Waals surface area (Å²) in [5, 5.41) is 3.97. The van der Waals surface area contributed by atoms with Crippen LogP contribution in [0.3, 0.4) is 0 Å². The second-order valence-corrected chi connectivity index (χ2v) is 8.17. The van der Waals surface area contributed by atoms with Gasteiger partial charge in [-0.05, 0) is 36.8 Å². The molecule has 0 aromatic heterocycles. The Hall–Kier alpha value is -1.85. The van der Waals surface area contributed by atoms with Gasteiger partial charge in [-0.3, -0.25) is 4.79 Å². The van der Waals surface area contributed by atoms with E-state index in [4.69, 9.17) is 23.2 Å². The second-order valence-electron chi connectivity index (χ2n) is 7.29. The Morgan fingerprint density at radius 3 is 2.36 bits per heavy atom. The summed E-state index contributed by atoms with van der Waals surface area (Å²) >= 11 is 12.0. The van der Waals surface area contributed by atoms with Crippen molar-refractivity contribution in [2.45, 2.75) is 13.0 Å². The third kappa shape index (κ3) is 6.08. The lowest BCUT2D eigenvalue weighted by atomic mass is 10.2. The zero-order valence-corrected chi connectivity index (χ0v) is 17.6. The molecule has 4 nitrogen and oxygen atoms in total. The van der Waals surface area contributed by atoms with Gasteiger partial charge in [-0.15, -0.1) is 0 Å². The van der Waals surface area contributed by atoms with E-state index in [1.54, 1.807) is 23.1 Å². The molecule has 3 rings (SSSR count). The summed E-state index contributed by atoms with van der Waals surface area (Å²) in [5.41, 5.74) is 1.88. The maximum absolute atomic E-state index is 12.6. The molecule has 1 heterocycles. The van der Waals surface area contributed by atoms with Gasteiger partial charge >= 0.3 is 0 Å². The fraction of sp³-hybridized carbons (Fsp3) is 0.318. The van der Waals surface area contributed by atoms with Gasteiger partial charge in [0.05, 0.1) is 6.54 Å². The minimum absolute atomic E-state index is 0.000701. The fourth-order valence-corrected chi connectivity index (χ4v) is 4.08. The van der Waals surface area contributed by atoms with Gasteiger partial charge in [-0.2, -0.15) is 0 Å². The number of hydrogen-bond donors (Lipinski definition) is 3. The molecule has 2 aromatic carbocycles. The molecule has 1 amide bonds. The van der Waals surface area contributed by atoms with Crippen LogP contribution in [0.4, 0.5) is 5.69 Å². The van der Waals surface area contributed by atoms with Crippen molar-refractivity contribution in [2.75, 3.05) is 38.0 Å². The smallest absolute Gasteiger partial charge is 0.282 e. The number of rotatable bonds is 6. The number of carbonyl (C=O) groups is 1. The molecular weight excluding hydrogens is 393 g/mol. The predicted molar refractivity (Wildman–Crippen MR) is 116 cm³/mol. The summed E-state index contributed by atoms with van der Waals surface area (Å²) in [6.07, 6.45) is 4.42. The van der Waals surface area contributed by atoms with Crippen molar-refractivity contribution < 1.29 is 14.6 Å². The van der Waals surface area contributed by atoms with Gasteiger partial charge in [0.2, 0.25) is 0 Å². The predicted octanol–water partition coefficient (Wildman–Crippen LogP) is 1.82. The van der Waals surface area contributed by atoms with Gasteiger partial charge < -0.3 is 15.1 Å². The van der Waals surface area contributed by atoms with E-state index in [1.165, 1.54) is 10.5 Å². The number of halogens is 2. The van der Waals surface area contributed by atoms with E-state index in [9.17, 15) is 4.79 Å². The molecule has 3 N–H and O–H groups in total. The highest BCUT2D eigenvalue weighted by Crippen LogP contribution is 2.22. The van der Waals surface area contributed by atoms with E-state index >= 15 is 0 Å². The highest BCUT2D eigenvalue weighted by Gasteiger charge is 2.30. The van der Waals surface area contributed by atoms with Crippen molar-refractivity contribution >= 4 is 40.9 Å². The second kappa shape index (κ2) is 10.1. The Balaban J connectivity index is 1.45. The highest BCUT2D eigenvalue weighted by atomic mass is 35.5. The van der Waals surface area contributed by atoms with E-state index in [0.717, 1.165) is 32.7 Å². The van der Waals surface area contributed by atoms with Gasteiger partial charge in [0.15, 0.2) is 6.04 Å². The summed E-state index contributed by atoms with van der Waals surface area (Å²) in [6.45, 7) is 7.10. The number of amides is 1. The number of hydrogen-bond acceptors (Lipinski definition) is 1. The summed E-state index contributed by atoms with van der Waals surface area (Å²) in [5.74, 6) is 0.000701. The van der Waals surface area contributed by atoms with Crippen molar-refractivity contribution in [1.82, 2.24) is 0 Å². The normalized spacial score (nSPS) is 20.8. The molecule has 6 heteroatoms. The number of quaternary nitrogens is 2. The molecule has 28 heavy (non-hydrogen) atoms. The third-order valence-electron chi connectivity index (χ3n) is 5.25. The molecule has 0 aliphatic carbocycles. The molecule has 1 saturated heterocycles. The first-order chi connectivity index (χ1) is 13.5. The van der Waals surface area contributed by atoms with Crippen LogP contribution in [0.5, 0.6) is 0 Å². The minimum atomic E-state index is -0.112. The molecule has 1 fully saturated rings. The summed E-state index contributed by atoms with van der Waals surface area (Å²) < 4.78 is 0. The van der Waals surface area contributed by atoms with E-state index in [2.05, 4.69) is 41.7 Å². The monoisotopic (exact) mass is 419 g/mol. The zero-order valence-electron chi connectivity index (χ0n) is 16.1. The average Bonchev–Trinajstić information content (AvgIpc) is 2.68. The average molecular weight is 420 g/mol. The molecule has 0 radical (unpaired) electrons. The Morgan fingerprint density at radius 2 is 1.71 bits per heavy atom. The van der Waals surface area contributed by atoms with Crippen molar-refractivity contribution in [3.05, 3.63) is 70.2 Å². The van der Waals surface area contributed by atoms with E-state index in [1.807, 2.05) is 13.0 Å². The van der Waals surface area contributed by atoms with Gasteiger partial charge in [-0.1, -0.05) is 59.6 Å². The first kappa shape index (κ1) is 20.9. The largest absolute Gasteiger partial charge is 0.322 e. The summed E-state index contributed by atoms with van der Waals surface area (Å²) in [7, 11) is 0. The maximum Gasteiger partial charge on any atom is 0.282 e. The van der Waals surface area contributed by atoms with Crippen LogP contribution in [0.15, 0.2) is 54.6 Å².